The van der Waals surface area contributed by atoms with Gasteiger partial charge in [-0.05, 0) is 18.0 Å². The second-order valence-electron chi connectivity index (χ2n) is 3.94. The van der Waals surface area contributed by atoms with Crippen molar-refractivity contribution in [1.29, 1.82) is 0 Å². The van der Waals surface area contributed by atoms with Crippen LogP contribution in [0.5, 0.6) is 0 Å². The van der Waals surface area contributed by atoms with Crippen LogP contribution in [0.25, 0.3) is 10.4 Å². The topological polar surface area (TPSA) is 86.9 Å². The Kier molecular flexibility index (Phi) is 3.62. The quantitative estimate of drug-likeness (QED) is 0.437. The van der Waals surface area contributed by atoms with Gasteiger partial charge >= 0.3 is 0 Å². The van der Waals surface area contributed by atoms with Crippen molar-refractivity contribution >= 4 is 5.91 Å². The number of azide groups is 1. The molecular formula is C10H14N6O. The van der Waals surface area contributed by atoms with Gasteiger partial charge in [-0.15, -0.1) is 0 Å². The van der Waals surface area contributed by atoms with Crippen molar-refractivity contribution in [2.24, 2.45) is 5.11 Å². The van der Waals surface area contributed by atoms with Gasteiger partial charge in [0.1, 0.15) is 0 Å². The maximum absolute atomic E-state index is 11.4. The van der Waals surface area contributed by atoms with Crippen molar-refractivity contribution in [2.45, 2.75) is 25.9 Å². The smallest absolute Gasteiger partial charge is 0.222 e. The number of likely N-dealkylation sites (tertiary alicyclic amines) is 1. The molecule has 1 amide bonds. The summed E-state index contributed by atoms with van der Waals surface area (Å²) in [5.74, 6) is 0.228. The SMILES string of the molecule is [N-]=[N+]=NCc1ccn(CCN2CCCC2=O)n1. The van der Waals surface area contributed by atoms with Gasteiger partial charge in [0, 0.05) is 30.6 Å². The van der Waals surface area contributed by atoms with Crippen LogP contribution in [0.15, 0.2) is 17.4 Å². The predicted octanol–water partition coefficient (Wildman–Crippen LogP) is 1.32. The maximum Gasteiger partial charge on any atom is 0.222 e. The van der Waals surface area contributed by atoms with E-state index in [1.165, 1.54) is 0 Å². The molecule has 0 bridgehead atoms. The van der Waals surface area contributed by atoms with Crippen LogP contribution in [0.1, 0.15) is 18.5 Å². The highest BCUT2D eigenvalue weighted by molar-refractivity contribution is 5.77. The highest BCUT2D eigenvalue weighted by atomic mass is 16.2. The Morgan fingerprint density at radius 3 is 3.12 bits per heavy atom. The number of nitrogens with zero attached hydrogens (tertiary/aromatic N) is 6. The minimum atomic E-state index is 0.228. The summed E-state index contributed by atoms with van der Waals surface area (Å²) < 4.78 is 1.77. The van der Waals surface area contributed by atoms with Crippen molar-refractivity contribution in [3.63, 3.8) is 0 Å². The van der Waals surface area contributed by atoms with E-state index < -0.39 is 0 Å². The van der Waals surface area contributed by atoms with Crippen molar-refractivity contribution in [1.82, 2.24) is 14.7 Å². The fraction of sp³-hybridized carbons (Fsp3) is 0.600. The van der Waals surface area contributed by atoms with E-state index in [0.717, 1.165) is 18.7 Å². The van der Waals surface area contributed by atoms with Crippen LogP contribution in [-0.2, 0) is 17.9 Å². The van der Waals surface area contributed by atoms with Crippen molar-refractivity contribution in [3.8, 4) is 0 Å². The van der Waals surface area contributed by atoms with Gasteiger partial charge in [0.15, 0.2) is 0 Å². The van der Waals surface area contributed by atoms with Gasteiger partial charge in [0.25, 0.3) is 0 Å². The summed E-state index contributed by atoms with van der Waals surface area (Å²) in [6, 6.07) is 1.82. The second kappa shape index (κ2) is 5.36. The third kappa shape index (κ3) is 2.98. The van der Waals surface area contributed by atoms with Crippen molar-refractivity contribution in [2.75, 3.05) is 13.1 Å². The average Bonchev–Trinajstić information content (AvgIpc) is 2.93. The lowest BCUT2D eigenvalue weighted by molar-refractivity contribution is -0.127. The molecule has 0 aliphatic carbocycles. The number of hydrogen-bond donors (Lipinski definition) is 0. The van der Waals surface area contributed by atoms with E-state index in [4.69, 9.17) is 5.53 Å². The Morgan fingerprint density at radius 1 is 1.53 bits per heavy atom. The van der Waals surface area contributed by atoms with Gasteiger partial charge < -0.3 is 4.90 Å². The fourth-order valence-electron chi connectivity index (χ4n) is 1.88. The highest BCUT2D eigenvalue weighted by Crippen LogP contribution is 2.09. The molecule has 0 saturated carbocycles. The molecule has 7 nitrogen and oxygen atoms in total. The maximum atomic E-state index is 11.4. The van der Waals surface area contributed by atoms with E-state index in [2.05, 4.69) is 15.1 Å². The molecule has 17 heavy (non-hydrogen) atoms. The molecule has 0 unspecified atom stereocenters. The van der Waals surface area contributed by atoms with Gasteiger partial charge in [-0.2, -0.15) is 5.10 Å². The van der Waals surface area contributed by atoms with Crippen LogP contribution in [0.4, 0.5) is 0 Å². The van der Waals surface area contributed by atoms with Crippen molar-refractivity contribution in [3.05, 3.63) is 28.4 Å². The highest BCUT2D eigenvalue weighted by Gasteiger charge is 2.19. The number of rotatable bonds is 5. The van der Waals surface area contributed by atoms with Crippen LogP contribution in [0, 0.1) is 0 Å². The van der Waals surface area contributed by atoms with Crippen LogP contribution in [0.2, 0.25) is 0 Å². The number of amides is 1. The molecule has 1 aliphatic rings. The molecule has 0 N–H and O–H groups in total. The van der Waals surface area contributed by atoms with Crippen LogP contribution in [-0.4, -0.2) is 33.7 Å². The zero-order chi connectivity index (χ0) is 12.1. The molecule has 1 aromatic heterocycles. The zero-order valence-electron chi connectivity index (χ0n) is 9.49. The average molecular weight is 234 g/mol. The molecule has 0 spiro atoms. The fourth-order valence-corrected chi connectivity index (χ4v) is 1.88. The second-order valence-corrected chi connectivity index (χ2v) is 3.94. The standard InChI is InChI=1S/C10H14N6O/c11-14-12-8-9-3-5-16(13-9)7-6-15-4-1-2-10(15)17/h3,5H,1-2,4,6-8H2. The molecule has 1 aliphatic heterocycles. The third-order valence-electron chi connectivity index (χ3n) is 2.76. The van der Waals surface area contributed by atoms with Gasteiger partial charge in [-0.3, -0.25) is 9.48 Å². The molecule has 0 radical (unpaired) electrons. The number of carbonyl (C=O) groups excluding carboxylic acids is 1. The molecule has 7 heteroatoms. The molecule has 90 valence electrons. The lowest BCUT2D eigenvalue weighted by Crippen LogP contribution is -2.28. The zero-order valence-corrected chi connectivity index (χ0v) is 9.49. The first-order valence-corrected chi connectivity index (χ1v) is 5.60. The lowest BCUT2D eigenvalue weighted by Gasteiger charge is -2.14. The molecule has 2 heterocycles. The van der Waals surface area contributed by atoms with E-state index in [1.807, 2.05) is 17.2 Å². The van der Waals surface area contributed by atoms with Gasteiger partial charge in [0.05, 0.1) is 18.8 Å². The molecule has 1 aromatic rings. The minimum absolute atomic E-state index is 0.228. The number of hydrogen-bond acceptors (Lipinski definition) is 3. The Hall–Kier alpha value is -2.01. The lowest BCUT2D eigenvalue weighted by atomic mass is 10.4. The Bertz CT molecular complexity index is 447. The molecule has 2 rings (SSSR count). The van der Waals surface area contributed by atoms with E-state index in [1.54, 1.807) is 4.68 Å². The van der Waals surface area contributed by atoms with E-state index in [-0.39, 0.29) is 12.5 Å². The number of aromatic nitrogens is 2. The van der Waals surface area contributed by atoms with Crippen LogP contribution in [0.3, 0.4) is 0 Å². The monoisotopic (exact) mass is 234 g/mol. The first-order valence-electron chi connectivity index (χ1n) is 5.60. The first-order chi connectivity index (χ1) is 8.29. The third-order valence-corrected chi connectivity index (χ3v) is 2.76. The minimum Gasteiger partial charge on any atom is -0.341 e. The number of carbonyl (C=O) groups is 1. The van der Waals surface area contributed by atoms with E-state index >= 15 is 0 Å². The molecule has 0 aromatic carbocycles. The van der Waals surface area contributed by atoms with Crippen LogP contribution >= 0.6 is 0 Å². The summed E-state index contributed by atoms with van der Waals surface area (Å²) in [6.45, 7) is 2.50. The first kappa shape index (κ1) is 11.5. The predicted molar refractivity (Wildman–Crippen MR) is 60.9 cm³/mol. The van der Waals surface area contributed by atoms with Crippen LogP contribution < -0.4 is 0 Å². The van der Waals surface area contributed by atoms with Gasteiger partial charge in [0.2, 0.25) is 5.91 Å². The molecule has 1 fully saturated rings. The summed E-state index contributed by atoms with van der Waals surface area (Å²) >= 11 is 0. The van der Waals surface area contributed by atoms with E-state index in [0.29, 0.717) is 19.5 Å². The largest absolute Gasteiger partial charge is 0.341 e. The molecule has 1 saturated heterocycles. The van der Waals surface area contributed by atoms with Gasteiger partial charge in [-0.25, -0.2) is 0 Å². The Morgan fingerprint density at radius 2 is 2.41 bits per heavy atom. The molecule has 0 atom stereocenters. The normalized spacial score (nSPS) is 15.1. The summed E-state index contributed by atoms with van der Waals surface area (Å²) in [6.07, 6.45) is 3.46. The summed E-state index contributed by atoms with van der Waals surface area (Å²) in [7, 11) is 0. The Balaban J connectivity index is 1.84. The summed E-state index contributed by atoms with van der Waals surface area (Å²) in [5, 5.41) is 7.69. The van der Waals surface area contributed by atoms with Gasteiger partial charge in [-0.1, -0.05) is 5.11 Å². The van der Waals surface area contributed by atoms with E-state index in [9.17, 15) is 4.79 Å². The van der Waals surface area contributed by atoms with Crippen molar-refractivity contribution < 1.29 is 4.79 Å². The Labute approximate surface area is 98.6 Å². The molecular weight excluding hydrogens is 220 g/mol. The summed E-state index contributed by atoms with van der Waals surface area (Å²) in [5.41, 5.74) is 8.94. The summed E-state index contributed by atoms with van der Waals surface area (Å²) in [4.78, 5) is 15.9.